The van der Waals surface area contributed by atoms with E-state index in [4.69, 9.17) is 16.3 Å². The van der Waals surface area contributed by atoms with E-state index in [9.17, 15) is 4.79 Å². The van der Waals surface area contributed by atoms with E-state index in [1.165, 1.54) is 0 Å². The number of carbonyl (C=O) groups excluding carboxylic acids is 1. The van der Waals surface area contributed by atoms with E-state index < -0.39 is 0 Å². The number of methoxy groups -OCH3 is 1. The van der Waals surface area contributed by atoms with E-state index in [2.05, 4.69) is 21.2 Å². The number of benzene rings is 2. The van der Waals surface area contributed by atoms with Gasteiger partial charge in [0.15, 0.2) is 0 Å². The highest BCUT2D eigenvalue weighted by molar-refractivity contribution is 9.10. The lowest BCUT2D eigenvalue weighted by molar-refractivity contribution is 0.0945. The van der Waals surface area contributed by atoms with Gasteiger partial charge >= 0.3 is 0 Å². The first kappa shape index (κ1) is 21.0. The fourth-order valence-corrected chi connectivity index (χ4v) is 5.42. The van der Waals surface area contributed by atoms with Gasteiger partial charge in [0, 0.05) is 23.5 Å². The monoisotopic (exact) mass is 502 g/mol. The zero-order valence-electron chi connectivity index (χ0n) is 16.3. The number of hydrogen-bond acceptors (Lipinski definition) is 3. The van der Waals surface area contributed by atoms with Crippen molar-refractivity contribution in [1.29, 1.82) is 0 Å². The summed E-state index contributed by atoms with van der Waals surface area (Å²) >= 11 is 11.4. The molecule has 4 aromatic rings. The standard InChI is InChI=1S/C23H20BrClN2O2S/c1-29-20-8-3-2-6-16(20)9-10-26-23(28)19-12-21-22(18(24)14-30-21)27(19)13-15-5-4-7-17(25)11-15/h2-8,11-12,14H,9-10,13H2,1H3,(H,26,28). The number of para-hydroxylation sites is 1. The van der Waals surface area contributed by atoms with Crippen molar-refractivity contribution in [3.63, 3.8) is 0 Å². The molecule has 154 valence electrons. The molecule has 2 aromatic carbocycles. The zero-order valence-corrected chi connectivity index (χ0v) is 19.5. The summed E-state index contributed by atoms with van der Waals surface area (Å²) in [5.74, 6) is 0.739. The summed E-state index contributed by atoms with van der Waals surface area (Å²) in [6, 6.07) is 17.5. The maximum Gasteiger partial charge on any atom is 0.267 e. The fraction of sp³-hybridized carbons (Fsp3) is 0.174. The Kier molecular flexibility index (Phi) is 6.46. The molecule has 1 amide bonds. The second-order valence-electron chi connectivity index (χ2n) is 6.86. The molecular formula is C23H20BrClN2O2S. The lowest BCUT2D eigenvalue weighted by Gasteiger charge is -2.12. The third-order valence-corrected chi connectivity index (χ3v) is 6.97. The SMILES string of the molecule is COc1ccccc1CCNC(=O)c1cc2scc(Br)c2n1Cc1cccc(Cl)c1. The van der Waals surface area contributed by atoms with Crippen LogP contribution in [0.15, 0.2) is 64.5 Å². The first-order chi connectivity index (χ1) is 14.6. The van der Waals surface area contributed by atoms with Crippen LogP contribution >= 0.6 is 38.9 Å². The van der Waals surface area contributed by atoms with E-state index in [1.54, 1.807) is 18.4 Å². The van der Waals surface area contributed by atoms with E-state index in [-0.39, 0.29) is 5.91 Å². The largest absolute Gasteiger partial charge is 0.496 e. The van der Waals surface area contributed by atoms with Crippen molar-refractivity contribution < 1.29 is 9.53 Å². The molecule has 1 N–H and O–H groups in total. The third-order valence-electron chi connectivity index (χ3n) is 4.91. The first-order valence-electron chi connectivity index (χ1n) is 9.47. The van der Waals surface area contributed by atoms with E-state index >= 15 is 0 Å². The molecule has 0 aliphatic carbocycles. The Bertz CT molecular complexity index is 1200. The van der Waals surface area contributed by atoms with E-state index in [1.807, 2.05) is 64.5 Å². The van der Waals surface area contributed by atoms with Crippen molar-refractivity contribution in [2.45, 2.75) is 13.0 Å². The van der Waals surface area contributed by atoms with Crippen LogP contribution in [0.5, 0.6) is 5.75 Å². The number of amides is 1. The van der Waals surface area contributed by atoms with Gasteiger partial charge in [-0.05, 0) is 57.7 Å². The predicted molar refractivity (Wildman–Crippen MR) is 127 cm³/mol. The predicted octanol–water partition coefficient (Wildman–Crippen LogP) is 6.15. The Balaban J connectivity index is 1.56. The van der Waals surface area contributed by atoms with Crippen LogP contribution in [0.4, 0.5) is 0 Å². The molecule has 0 fully saturated rings. The van der Waals surface area contributed by atoms with Gasteiger partial charge in [0.1, 0.15) is 11.4 Å². The molecule has 4 nitrogen and oxygen atoms in total. The van der Waals surface area contributed by atoms with E-state index in [0.717, 1.165) is 31.6 Å². The number of thiophene rings is 1. The van der Waals surface area contributed by atoms with Gasteiger partial charge in [-0.3, -0.25) is 4.79 Å². The molecule has 0 aliphatic heterocycles. The molecule has 2 heterocycles. The number of halogens is 2. The molecule has 0 saturated carbocycles. The summed E-state index contributed by atoms with van der Waals surface area (Å²) in [4.78, 5) is 13.0. The van der Waals surface area contributed by atoms with Crippen LogP contribution in [0.3, 0.4) is 0 Å². The minimum atomic E-state index is -0.0952. The highest BCUT2D eigenvalue weighted by Gasteiger charge is 2.19. The number of nitrogens with zero attached hydrogens (tertiary/aromatic N) is 1. The summed E-state index contributed by atoms with van der Waals surface area (Å²) in [5, 5.41) is 5.78. The van der Waals surface area contributed by atoms with Gasteiger partial charge in [-0.15, -0.1) is 11.3 Å². The molecule has 0 unspecified atom stereocenters. The highest BCUT2D eigenvalue weighted by atomic mass is 79.9. The lowest BCUT2D eigenvalue weighted by Crippen LogP contribution is -2.28. The van der Waals surface area contributed by atoms with Crippen molar-refractivity contribution in [3.05, 3.63) is 86.3 Å². The number of fused-ring (bicyclic) bond motifs is 1. The molecular weight excluding hydrogens is 484 g/mol. The zero-order chi connectivity index (χ0) is 21.1. The molecule has 0 radical (unpaired) electrons. The van der Waals surface area contributed by atoms with Gasteiger partial charge in [-0.2, -0.15) is 0 Å². The number of rotatable bonds is 7. The second kappa shape index (κ2) is 9.25. The van der Waals surface area contributed by atoms with Crippen molar-refractivity contribution in [2.24, 2.45) is 0 Å². The maximum atomic E-state index is 13.0. The molecule has 7 heteroatoms. The molecule has 0 saturated heterocycles. The number of carbonyl (C=O) groups is 1. The van der Waals surface area contributed by atoms with Crippen molar-refractivity contribution >= 4 is 55.0 Å². The Labute approximate surface area is 192 Å². The Morgan fingerprint density at radius 2 is 2.03 bits per heavy atom. The molecule has 0 bridgehead atoms. The van der Waals surface area contributed by atoms with Crippen LogP contribution < -0.4 is 10.1 Å². The van der Waals surface area contributed by atoms with Crippen LogP contribution in [-0.4, -0.2) is 24.1 Å². The Morgan fingerprint density at radius 1 is 1.20 bits per heavy atom. The number of hydrogen-bond donors (Lipinski definition) is 1. The van der Waals surface area contributed by atoms with Gasteiger partial charge in [0.2, 0.25) is 0 Å². The van der Waals surface area contributed by atoms with Crippen molar-refractivity contribution in [1.82, 2.24) is 9.88 Å². The molecule has 0 atom stereocenters. The van der Waals surface area contributed by atoms with Crippen LogP contribution in [-0.2, 0) is 13.0 Å². The first-order valence-corrected chi connectivity index (χ1v) is 11.5. The number of aromatic nitrogens is 1. The van der Waals surface area contributed by atoms with Crippen molar-refractivity contribution in [3.8, 4) is 5.75 Å². The second-order valence-corrected chi connectivity index (χ2v) is 9.06. The van der Waals surface area contributed by atoms with Gasteiger partial charge in [-0.1, -0.05) is 41.9 Å². The van der Waals surface area contributed by atoms with E-state index in [0.29, 0.717) is 30.2 Å². The summed E-state index contributed by atoms with van der Waals surface area (Å²) in [5.41, 5.74) is 3.77. The van der Waals surface area contributed by atoms with Gasteiger partial charge in [0.25, 0.3) is 5.91 Å². The van der Waals surface area contributed by atoms with Gasteiger partial charge in [0.05, 0.1) is 21.8 Å². The van der Waals surface area contributed by atoms with Crippen LogP contribution in [0.2, 0.25) is 5.02 Å². The molecule has 4 rings (SSSR count). The van der Waals surface area contributed by atoms with Crippen LogP contribution in [0.25, 0.3) is 10.2 Å². The number of nitrogens with one attached hydrogen (secondary N) is 1. The minimum Gasteiger partial charge on any atom is -0.496 e. The molecule has 0 spiro atoms. The number of ether oxygens (including phenoxy) is 1. The average molecular weight is 504 g/mol. The summed E-state index contributed by atoms with van der Waals surface area (Å²) in [7, 11) is 1.66. The van der Waals surface area contributed by atoms with Crippen LogP contribution in [0, 0.1) is 0 Å². The smallest absolute Gasteiger partial charge is 0.267 e. The normalized spacial score (nSPS) is 11.0. The summed E-state index contributed by atoms with van der Waals surface area (Å²) in [6.45, 7) is 1.09. The lowest BCUT2D eigenvalue weighted by atomic mass is 10.1. The Hall–Kier alpha value is -2.28. The highest BCUT2D eigenvalue weighted by Crippen LogP contribution is 2.34. The third kappa shape index (κ3) is 4.41. The van der Waals surface area contributed by atoms with Gasteiger partial charge in [-0.25, -0.2) is 0 Å². The topological polar surface area (TPSA) is 43.3 Å². The van der Waals surface area contributed by atoms with Gasteiger partial charge < -0.3 is 14.6 Å². The quantitative estimate of drug-likeness (QED) is 0.329. The van der Waals surface area contributed by atoms with Crippen LogP contribution in [0.1, 0.15) is 21.6 Å². The fourth-order valence-electron chi connectivity index (χ4n) is 3.51. The Morgan fingerprint density at radius 3 is 2.83 bits per heavy atom. The average Bonchev–Trinajstić information content (AvgIpc) is 3.28. The summed E-state index contributed by atoms with van der Waals surface area (Å²) < 4.78 is 9.49. The minimum absolute atomic E-state index is 0.0952. The van der Waals surface area contributed by atoms with Crippen molar-refractivity contribution in [2.75, 3.05) is 13.7 Å². The molecule has 0 aliphatic rings. The maximum absolute atomic E-state index is 13.0. The summed E-state index contributed by atoms with van der Waals surface area (Å²) in [6.07, 6.45) is 0.697. The molecule has 2 aromatic heterocycles. The molecule has 30 heavy (non-hydrogen) atoms.